The Morgan fingerprint density at radius 2 is 1.86 bits per heavy atom. The maximum absolute atomic E-state index is 12.2. The van der Waals surface area contributed by atoms with Gasteiger partial charge in [0.15, 0.2) is 0 Å². The lowest BCUT2D eigenvalue weighted by atomic mass is 10.1. The zero-order valence-corrected chi connectivity index (χ0v) is 11.4. The standard InChI is InChI=1S/C13H9N5O2S/c14-6-9-1-2-11(5-10(9)7-15)18-21(19,20)13-8-17-4-3-12(13)16/h1-5,8,18H,(H2,16,17). The summed E-state index contributed by atoms with van der Waals surface area (Å²) in [4.78, 5) is 3.56. The molecule has 0 aliphatic rings. The molecule has 0 fully saturated rings. The molecule has 0 amide bonds. The second-order valence-electron chi connectivity index (χ2n) is 4.00. The van der Waals surface area contributed by atoms with Crippen LogP contribution < -0.4 is 10.5 Å². The summed E-state index contributed by atoms with van der Waals surface area (Å²) < 4.78 is 26.7. The van der Waals surface area contributed by atoms with E-state index in [1.165, 1.54) is 30.5 Å². The van der Waals surface area contributed by atoms with Gasteiger partial charge in [0.2, 0.25) is 0 Å². The summed E-state index contributed by atoms with van der Waals surface area (Å²) in [5.41, 5.74) is 6.08. The third-order valence-corrected chi connectivity index (χ3v) is 4.04. The first kappa shape index (κ1) is 14.3. The number of sulfonamides is 1. The number of benzene rings is 1. The number of aromatic nitrogens is 1. The van der Waals surface area contributed by atoms with Crippen molar-refractivity contribution < 1.29 is 8.42 Å². The normalized spacial score (nSPS) is 10.4. The van der Waals surface area contributed by atoms with Crippen LogP contribution in [0.3, 0.4) is 0 Å². The zero-order valence-electron chi connectivity index (χ0n) is 10.6. The highest BCUT2D eigenvalue weighted by Gasteiger charge is 2.18. The van der Waals surface area contributed by atoms with E-state index in [-0.39, 0.29) is 27.4 Å². The number of anilines is 2. The van der Waals surface area contributed by atoms with Crippen molar-refractivity contribution in [3.05, 3.63) is 47.8 Å². The Hall–Kier alpha value is -3.10. The number of nitrogens with zero attached hydrogens (tertiary/aromatic N) is 3. The van der Waals surface area contributed by atoms with Crippen molar-refractivity contribution in [2.24, 2.45) is 0 Å². The first-order valence-electron chi connectivity index (χ1n) is 5.64. The minimum Gasteiger partial charge on any atom is -0.398 e. The largest absolute Gasteiger partial charge is 0.398 e. The molecule has 8 heteroatoms. The highest BCUT2D eigenvalue weighted by Crippen LogP contribution is 2.21. The second kappa shape index (κ2) is 5.49. The molecule has 7 nitrogen and oxygen atoms in total. The van der Waals surface area contributed by atoms with E-state index in [0.29, 0.717) is 0 Å². The van der Waals surface area contributed by atoms with Crippen LogP contribution in [0.2, 0.25) is 0 Å². The second-order valence-corrected chi connectivity index (χ2v) is 5.65. The van der Waals surface area contributed by atoms with Crippen molar-refractivity contribution in [1.82, 2.24) is 4.98 Å². The predicted molar refractivity (Wildman–Crippen MR) is 75.3 cm³/mol. The lowest BCUT2D eigenvalue weighted by Crippen LogP contribution is -2.15. The Kier molecular flexibility index (Phi) is 3.74. The summed E-state index contributed by atoms with van der Waals surface area (Å²) in [5, 5.41) is 17.7. The molecule has 0 radical (unpaired) electrons. The molecule has 2 rings (SSSR count). The Morgan fingerprint density at radius 1 is 1.14 bits per heavy atom. The summed E-state index contributed by atoms with van der Waals surface area (Å²) in [5.74, 6) is 0. The van der Waals surface area contributed by atoms with Crippen LogP contribution >= 0.6 is 0 Å². The average Bonchev–Trinajstić information content (AvgIpc) is 2.47. The van der Waals surface area contributed by atoms with Crippen LogP contribution in [0.25, 0.3) is 0 Å². The molecular weight excluding hydrogens is 290 g/mol. The fourth-order valence-corrected chi connectivity index (χ4v) is 2.75. The Morgan fingerprint density at radius 3 is 2.48 bits per heavy atom. The molecule has 1 aromatic heterocycles. The summed E-state index contributed by atoms with van der Waals surface area (Å²) in [6.07, 6.45) is 2.51. The summed E-state index contributed by atoms with van der Waals surface area (Å²) >= 11 is 0. The van der Waals surface area contributed by atoms with Crippen molar-refractivity contribution in [3.63, 3.8) is 0 Å². The van der Waals surface area contributed by atoms with Gasteiger partial charge in [0.05, 0.1) is 22.5 Å². The smallest absolute Gasteiger partial charge is 0.265 e. The molecule has 0 aliphatic carbocycles. The molecule has 21 heavy (non-hydrogen) atoms. The lowest BCUT2D eigenvalue weighted by Gasteiger charge is -2.10. The van der Waals surface area contributed by atoms with Gasteiger partial charge in [0, 0.05) is 12.4 Å². The molecule has 0 saturated carbocycles. The van der Waals surface area contributed by atoms with E-state index in [0.717, 1.165) is 6.20 Å². The third kappa shape index (κ3) is 2.91. The minimum atomic E-state index is -3.92. The predicted octanol–water partition coefficient (Wildman–Crippen LogP) is 1.21. The summed E-state index contributed by atoms with van der Waals surface area (Å²) in [6, 6.07) is 9.08. The molecule has 1 aromatic carbocycles. The Bertz CT molecular complexity index is 878. The van der Waals surface area contributed by atoms with E-state index in [1.807, 2.05) is 12.1 Å². The number of nitrogens with one attached hydrogen (secondary N) is 1. The number of rotatable bonds is 3. The number of nitrogens with two attached hydrogens (primary N) is 1. The topological polar surface area (TPSA) is 133 Å². The van der Waals surface area contributed by atoms with E-state index in [9.17, 15) is 8.42 Å². The molecule has 0 atom stereocenters. The Labute approximate surface area is 121 Å². The third-order valence-electron chi connectivity index (χ3n) is 2.62. The van der Waals surface area contributed by atoms with Crippen molar-refractivity contribution in [2.75, 3.05) is 10.5 Å². The number of nitrogen functional groups attached to an aromatic ring is 1. The molecule has 2 aromatic rings. The van der Waals surface area contributed by atoms with Crippen LogP contribution in [-0.2, 0) is 10.0 Å². The molecule has 104 valence electrons. The fraction of sp³-hybridized carbons (Fsp3) is 0. The van der Waals surface area contributed by atoms with Crippen LogP contribution in [0.15, 0.2) is 41.6 Å². The van der Waals surface area contributed by atoms with Gasteiger partial charge < -0.3 is 5.73 Å². The molecule has 0 aliphatic heterocycles. The minimum absolute atomic E-state index is 0.0617. The van der Waals surface area contributed by atoms with Crippen molar-refractivity contribution in [3.8, 4) is 12.1 Å². The van der Waals surface area contributed by atoms with Gasteiger partial charge in [0.1, 0.15) is 17.0 Å². The van der Waals surface area contributed by atoms with Gasteiger partial charge >= 0.3 is 0 Å². The van der Waals surface area contributed by atoms with Gasteiger partial charge in [-0.15, -0.1) is 0 Å². The number of pyridine rings is 1. The van der Waals surface area contributed by atoms with Crippen molar-refractivity contribution >= 4 is 21.4 Å². The van der Waals surface area contributed by atoms with E-state index in [4.69, 9.17) is 16.3 Å². The average molecular weight is 299 g/mol. The molecule has 3 N–H and O–H groups in total. The van der Waals surface area contributed by atoms with Gasteiger partial charge in [-0.25, -0.2) is 8.42 Å². The number of hydrogen-bond donors (Lipinski definition) is 2. The van der Waals surface area contributed by atoms with Crippen molar-refractivity contribution in [2.45, 2.75) is 4.90 Å². The van der Waals surface area contributed by atoms with E-state index >= 15 is 0 Å². The van der Waals surface area contributed by atoms with Crippen molar-refractivity contribution in [1.29, 1.82) is 10.5 Å². The van der Waals surface area contributed by atoms with Crippen LogP contribution in [0, 0.1) is 22.7 Å². The maximum atomic E-state index is 12.2. The molecule has 0 saturated heterocycles. The first-order valence-corrected chi connectivity index (χ1v) is 7.13. The van der Waals surface area contributed by atoms with Gasteiger partial charge in [0.25, 0.3) is 10.0 Å². The fourth-order valence-electron chi connectivity index (χ4n) is 1.62. The first-order chi connectivity index (χ1) is 9.97. The Balaban J connectivity index is 2.41. The van der Waals surface area contributed by atoms with Gasteiger partial charge in [-0.05, 0) is 24.3 Å². The molecule has 0 bridgehead atoms. The number of hydrogen-bond acceptors (Lipinski definition) is 6. The van der Waals surface area contributed by atoms with E-state index in [1.54, 1.807) is 0 Å². The molecule has 0 spiro atoms. The maximum Gasteiger partial charge on any atom is 0.265 e. The van der Waals surface area contributed by atoms with Gasteiger partial charge in [-0.2, -0.15) is 10.5 Å². The molecule has 1 heterocycles. The van der Waals surface area contributed by atoms with E-state index in [2.05, 4.69) is 9.71 Å². The summed E-state index contributed by atoms with van der Waals surface area (Å²) in [7, 11) is -3.92. The highest BCUT2D eigenvalue weighted by atomic mass is 32.2. The zero-order chi connectivity index (χ0) is 15.5. The van der Waals surface area contributed by atoms with Crippen LogP contribution in [-0.4, -0.2) is 13.4 Å². The van der Waals surface area contributed by atoms with Gasteiger partial charge in [-0.1, -0.05) is 0 Å². The molecular formula is C13H9N5O2S. The highest BCUT2D eigenvalue weighted by molar-refractivity contribution is 7.92. The number of nitriles is 2. The quantitative estimate of drug-likeness (QED) is 0.875. The van der Waals surface area contributed by atoms with Crippen LogP contribution in [0.5, 0.6) is 0 Å². The monoisotopic (exact) mass is 299 g/mol. The molecule has 0 unspecified atom stereocenters. The van der Waals surface area contributed by atoms with Gasteiger partial charge in [-0.3, -0.25) is 9.71 Å². The van der Waals surface area contributed by atoms with Crippen LogP contribution in [0.4, 0.5) is 11.4 Å². The van der Waals surface area contributed by atoms with Crippen LogP contribution in [0.1, 0.15) is 11.1 Å². The SMILES string of the molecule is N#Cc1ccc(NS(=O)(=O)c2cnccc2N)cc1C#N. The van der Waals surface area contributed by atoms with E-state index < -0.39 is 10.0 Å². The lowest BCUT2D eigenvalue weighted by molar-refractivity contribution is 0.601. The summed E-state index contributed by atoms with van der Waals surface area (Å²) in [6.45, 7) is 0.